The Morgan fingerprint density at radius 2 is 1.86 bits per heavy atom. The first-order valence-electron chi connectivity index (χ1n) is 7.50. The van der Waals surface area contributed by atoms with Gasteiger partial charge in [0.1, 0.15) is 0 Å². The van der Waals surface area contributed by atoms with Gasteiger partial charge in [0, 0.05) is 13.0 Å². The van der Waals surface area contributed by atoms with E-state index in [1.807, 2.05) is 51.1 Å². The van der Waals surface area contributed by atoms with E-state index >= 15 is 0 Å². The van der Waals surface area contributed by atoms with E-state index in [1.54, 1.807) is 18.0 Å². The molecule has 0 aromatic heterocycles. The van der Waals surface area contributed by atoms with E-state index in [1.165, 1.54) is 0 Å². The van der Waals surface area contributed by atoms with Gasteiger partial charge in [-0.1, -0.05) is 50.3 Å². The number of hydrogen-bond acceptors (Lipinski definition) is 2. The summed E-state index contributed by atoms with van der Waals surface area (Å²) in [6.45, 7) is 9.69. The minimum absolute atomic E-state index is 0.0624. The largest absolute Gasteiger partial charge is 0.386 e. The van der Waals surface area contributed by atoms with Crippen molar-refractivity contribution in [2.24, 2.45) is 11.8 Å². The van der Waals surface area contributed by atoms with Crippen molar-refractivity contribution in [2.75, 3.05) is 7.05 Å². The molecule has 0 aliphatic rings. The number of carbonyl (C=O) groups excluding carboxylic acids is 1. The number of allylic oxidation sites excluding steroid dienone is 1. The fraction of sp³-hybridized carbons (Fsp3) is 0.500. The Kier molecular flexibility index (Phi) is 6.63. The van der Waals surface area contributed by atoms with E-state index in [0.29, 0.717) is 6.42 Å². The molecule has 21 heavy (non-hydrogen) atoms. The van der Waals surface area contributed by atoms with E-state index in [0.717, 1.165) is 5.56 Å². The number of likely N-dealkylation sites (N-methyl/N-ethyl adjacent to an activating group) is 1. The van der Waals surface area contributed by atoms with Crippen molar-refractivity contribution < 1.29 is 9.90 Å². The quantitative estimate of drug-likeness (QED) is 0.781. The molecule has 1 aromatic rings. The maximum Gasteiger partial charge on any atom is 0.226 e. The average molecular weight is 289 g/mol. The van der Waals surface area contributed by atoms with Gasteiger partial charge in [-0.3, -0.25) is 4.79 Å². The molecule has 3 heteroatoms. The summed E-state index contributed by atoms with van der Waals surface area (Å²) >= 11 is 0. The van der Waals surface area contributed by atoms with Crippen LogP contribution in [0.2, 0.25) is 0 Å². The zero-order valence-electron chi connectivity index (χ0n) is 13.5. The zero-order valence-corrected chi connectivity index (χ0v) is 13.5. The third-order valence-electron chi connectivity index (χ3n) is 4.10. The minimum atomic E-state index is -0.684. The number of nitrogens with zero attached hydrogens (tertiary/aromatic N) is 1. The summed E-state index contributed by atoms with van der Waals surface area (Å²) in [7, 11) is 1.76. The van der Waals surface area contributed by atoms with Crippen molar-refractivity contribution in [3.63, 3.8) is 0 Å². The topological polar surface area (TPSA) is 40.5 Å². The molecular weight excluding hydrogens is 262 g/mol. The van der Waals surface area contributed by atoms with Crippen molar-refractivity contribution in [3.8, 4) is 0 Å². The van der Waals surface area contributed by atoms with Gasteiger partial charge in [0.05, 0.1) is 12.1 Å². The first-order chi connectivity index (χ1) is 9.90. The molecular formula is C18H27NO2. The second-order valence-electron chi connectivity index (χ2n) is 5.92. The molecule has 0 unspecified atom stereocenters. The maximum atomic E-state index is 12.6. The Morgan fingerprint density at radius 1 is 1.29 bits per heavy atom. The van der Waals surface area contributed by atoms with Gasteiger partial charge in [-0.25, -0.2) is 0 Å². The van der Waals surface area contributed by atoms with Gasteiger partial charge in [-0.05, 0) is 24.8 Å². The van der Waals surface area contributed by atoms with Crippen molar-refractivity contribution in [3.05, 3.63) is 48.6 Å². The summed E-state index contributed by atoms with van der Waals surface area (Å²) in [6.07, 6.45) is 1.76. The molecule has 1 N–H and O–H groups in total. The molecule has 0 radical (unpaired) electrons. The van der Waals surface area contributed by atoms with Crippen LogP contribution in [0.5, 0.6) is 0 Å². The van der Waals surface area contributed by atoms with Crippen LogP contribution in [0.3, 0.4) is 0 Å². The molecule has 1 amide bonds. The summed E-state index contributed by atoms with van der Waals surface area (Å²) in [5.74, 6) is 0.226. The molecule has 3 atom stereocenters. The van der Waals surface area contributed by atoms with Gasteiger partial charge in [0.25, 0.3) is 0 Å². The normalized spacial score (nSPS) is 15.3. The molecule has 116 valence electrons. The van der Waals surface area contributed by atoms with E-state index in [-0.39, 0.29) is 23.8 Å². The summed E-state index contributed by atoms with van der Waals surface area (Å²) in [5.41, 5.74) is 0.828. The minimum Gasteiger partial charge on any atom is -0.386 e. The molecule has 0 fully saturated rings. The van der Waals surface area contributed by atoms with Gasteiger partial charge in [0.15, 0.2) is 0 Å². The molecule has 1 rings (SSSR count). The van der Waals surface area contributed by atoms with E-state index < -0.39 is 6.10 Å². The molecule has 1 aromatic carbocycles. The molecule has 0 saturated carbocycles. The lowest BCUT2D eigenvalue weighted by atomic mass is 9.90. The number of rotatable bonds is 7. The van der Waals surface area contributed by atoms with Crippen LogP contribution in [0.1, 0.15) is 38.9 Å². The number of carbonyl (C=O) groups is 1. The third kappa shape index (κ3) is 4.43. The Morgan fingerprint density at radius 3 is 2.33 bits per heavy atom. The molecule has 0 spiro atoms. The second-order valence-corrected chi connectivity index (χ2v) is 5.92. The van der Waals surface area contributed by atoms with Gasteiger partial charge in [-0.2, -0.15) is 0 Å². The van der Waals surface area contributed by atoms with Gasteiger partial charge < -0.3 is 10.0 Å². The second kappa shape index (κ2) is 7.99. The van der Waals surface area contributed by atoms with Crippen LogP contribution in [0.15, 0.2) is 43.0 Å². The molecule has 0 heterocycles. The van der Waals surface area contributed by atoms with Crippen LogP contribution < -0.4 is 0 Å². The Labute approximate surface area is 128 Å². The standard InChI is InChI=1S/C18H27NO2/c1-6-10-16(13(2)3)18(21)19(5)14(4)17(20)15-11-8-7-9-12-15/h6-9,11-14,16-17,20H,1,10H2,2-5H3/t14-,16-,17+/m0/s1. The summed E-state index contributed by atoms with van der Waals surface area (Å²) in [6, 6.07) is 9.18. The highest BCUT2D eigenvalue weighted by Gasteiger charge is 2.29. The van der Waals surface area contributed by atoms with Crippen LogP contribution in [-0.2, 0) is 4.79 Å². The number of aliphatic hydroxyl groups is 1. The smallest absolute Gasteiger partial charge is 0.226 e. The van der Waals surface area contributed by atoms with Crippen molar-refractivity contribution >= 4 is 5.91 Å². The van der Waals surface area contributed by atoms with Crippen LogP contribution in [0.25, 0.3) is 0 Å². The number of hydrogen-bond donors (Lipinski definition) is 1. The monoisotopic (exact) mass is 289 g/mol. The first-order valence-corrected chi connectivity index (χ1v) is 7.50. The Hall–Kier alpha value is -1.61. The van der Waals surface area contributed by atoms with Crippen molar-refractivity contribution in [2.45, 2.75) is 39.3 Å². The van der Waals surface area contributed by atoms with Crippen LogP contribution in [0, 0.1) is 11.8 Å². The highest BCUT2D eigenvalue weighted by Crippen LogP contribution is 2.24. The van der Waals surface area contributed by atoms with E-state index in [4.69, 9.17) is 0 Å². The molecule has 0 aliphatic heterocycles. The lowest BCUT2D eigenvalue weighted by Crippen LogP contribution is -2.43. The van der Waals surface area contributed by atoms with Gasteiger partial charge in [-0.15, -0.1) is 6.58 Å². The highest BCUT2D eigenvalue weighted by molar-refractivity contribution is 5.79. The lowest BCUT2D eigenvalue weighted by Gasteiger charge is -2.33. The number of amides is 1. The molecule has 0 aliphatic carbocycles. The lowest BCUT2D eigenvalue weighted by molar-refractivity contribution is -0.139. The van der Waals surface area contributed by atoms with Gasteiger partial charge in [0.2, 0.25) is 5.91 Å². The van der Waals surface area contributed by atoms with Crippen molar-refractivity contribution in [1.82, 2.24) is 4.90 Å². The number of aliphatic hydroxyl groups excluding tert-OH is 1. The molecule has 0 saturated heterocycles. The van der Waals surface area contributed by atoms with E-state index in [2.05, 4.69) is 6.58 Å². The SMILES string of the molecule is C=CC[C@H](C(=O)N(C)[C@@H](C)[C@@H](O)c1ccccc1)C(C)C. The Bertz CT molecular complexity index is 456. The van der Waals surface area contributed by atoms with Crippen molar-refractivity contribution in [1.29, 1.82) is 0 Å². The van der Waals surface area contributed by atoms with Gasteiger partial charge >= 0.3 is 0 Å². The highest BCUT2D eigenvalue weighted by atomic mass is 16.3. The average Bonchev–Trinajstić information content (AvgIpc) is 2.50. The maximum absolute atomic E-state index is 12.6. The predicted octanol–water partition coefficient (Wildman–Crippen LogP) is 3.42. The molecule has 0 bridgehead atoms. The third-order valence-corrected chi connectivity index (χ3v) is 4.10. The summed E-state index contributed by atoms with van der Waals surface area (Å²) in [4.78, 5) is 14.3. The predicted molar refractivity (Wildman–Crippen MR) is 86.8 cm³/mol. The summed E-state index contributed by atoms with van der Waals surface area (Å²) < 4.78 is 0. The number of benzene rings is 1. The Balaban J connectivity index is 2.83. The zero-order chi connectivity index (χ0) is 16.0. The fourth-order valence-electron chi connectivity index (χ4n) is 2.44. The fourth-order valence-corrected chi connectivity index (χ4v) is 2.44. The summed E-state index contributed by atoms with van der Waals surface area (Å²) in [5, 5.41) is 10.4. The molecule has 3 nitrogen and oxygen atoms in total. The van der Waals surface area contributed by atoms with Crippen LogP contribution in [0.4, 0.5) is 0 Å². The van der Waals surface area contributed by atoms with Crippen LogP contribution in [-0.4, -0.2) is 29.0 Å². The van der Waals surface area contributed by atoms with Crippen LogP contribution >= 0.6 is 0 Å². The van der Waals surface area contributed by atoms with E-state index in [9.17, 15) is 9.90 Å². The first kappa shape index (κ1) is 17.4.